The molecule has 82 valence electrons. The predicted octanol–water partition coefficient (Wildman–Crippen LogP) is 3.08. The first-order valence-corrected chi connectivity index (χ1v) is 5.67. The summed E-state index contributed by atoms with van der Waals surface area (Å²) >= 11 is 6.14. The number of aryl methyl sites for hydroxylation is 1. The van der Waals surface area contributed by atoms with Gasteiger partial charge in [-0.15, -0.1) is 0 Å². The van der Waals surface area contributed by atoms with E-state index in [-0.39, 0.29) is 0 Å². The number of nitrogens with one attached hydrogen (secondary N) is 1. The molecule has 1 saturated heterocycles. The van der Waals surface area contributed by atoms with Crippen molar-refractivity contribution in [3.8, 4) is 5.75 Å². The molecule has 15 heavy (non-hydrogen) atoms. The van der Waals surface area contributed by atoms with Gasteiger partial charge in [-0.2, -0.15) is 0 Å². The van der Waals surface area contributed by atoms with Crippen LogP contribution in [0.1, 0.15) is 30.0 Å². The van der Waals surface area contributed by atoms with Crippen LogP contribution in [0.5, 0.6) is 5.75 Å². The Morgan fingerprint density at radius 3 is 2.87 bits per heavy atom. The third kappa shape index (κ3) is 2.11. The molecule has 0 saturated carbocycles. The van der Waals surface area contributed by atoms with Gasteiger partial charge in [0.2, 0.25) is 0 Å². The minimum absolute atomic E-state index is 0.401. The topological polar surface area (TPSA) is 21.3 Å². The maximum absolute atomic E-state index is 6.14. The van der Waals surface area contributed by atoms with Crippen LogP contribution in [0.25, 0.3) is 0 Å². The first-order valence-electron chi connectivity index (χ1n) is 5.30. The molecule has 0 aromatic heterocycles. The fraction of sp³-hybridized carbons (Fsp3) is 0.500. The lowest BCUT2D eigenvalue weighted by Gasteiger charge is -2.16. The highest BCUT2D eigenvalue weighted by Crippen LogP contribution is 2.34. The number of hydrogen-bond donors (Lipinski definition) is 1. The van der Waals surface area contributed by atoms with Gasteiger partial charge >= 0.3 is 0 Å². The molecule has 1 aliphatic heterocycles. The summed E-state index contributed by atoms with van der Waals surface area (Å²) < 4.78 is 5.39. The molecule has 1 heterocycles. The van der Waals surface area contributed by atoms with Gasteiger partial charge < -0.3 is 10.1 Å². The van der Waals surface area contributed by atoms with Crippen LogP contribution in [0.2, 0.25) is 5.02 Å². The molecule has 1 aromatic carbocycles. The lowest BCUT2D eigenvalue weighted by molar-refractivity contribution is 0.403. The van der Waals surface area contributed by atoms with Gasteiger partial charge in [-0.1, -0.05) is 11.6 Å². The zero-order chi connectivity index (χ0) is 10.8. The number of benzene rings is 1. The van der Waals surface area contributed by atoms with E-state index in [0.29, 0.717) is 6.04 Å². The van der Waals surface area contributed by atoms with Gasteiger partial charge in [0.15, 0.2) is 0 Å². The zero-order valence-corrected chi connectivity index (χ0v) is 9.90. The van der Waals surface area contributed by atoms with Gasteiger partial charge in [0.25, 0.3) is 0 Å². The summed E-state index contributed by atoms with van der Waals surface area (Å²) in [6.45, 7) is 3.08. The Kier molecular flexibility index (Phi) is 3.17. The largest absolute Gasteiger partial charge is 0.496 e. The number of hydrogen-bond acceptors (Lipinski definition) is 2. The second-order valence-corrected chi connectivity index (χ2v) is 4.40. The van der Waals surface area contributed by atoms with E-state index in [2.05, 4.69) is 5.32 Å². The molecule has 0 aliphatic carbocycles. The quantitative estimate of drug-likeness (QED) is 0.835. The molecular formula is C12H16ClNO. The van der Waals surface area contributed by atoms with Crippen LogP contribution >= 0.6 is 11.6 Å². The van der Waals surface area contributed by atoms with Crippen molar-refractivity contribution in [2.75, 3.05) is 13.7 Å². The molecule has 1 N–H and O–H groups in total. The van der Waals surface area contributed by atoms with E-state index in [1.54, 1.807) is 7.11 Å². The van der Waals surface area contributed by atoms with Crippen molar-refractivity contribution in [2.24, 2.45) is 0 Å². The fourth-order valence-corrected chi connectivity index (χ4v) is 2.24. The normalized spacial score (nSPS) is 20.6. The molecule has 2 rings (SSSR count). The Labute approximate surface area is 95.6 Å². The van der Waals surface area contributed by atoms with Gasteiger partial charge in [0.05, 0.1) is 7.11 Å². The summed E-state index contributed by atoms with van der Waals surface area (Å²) in [5.41, 5.74) is 2.25. The van der Waals surface area contributed by atoms with E-state index in [1.165, 1.54) is 12.0 Å². The van der Waals surface area contributed by atoms with Crippen molar-refractivity contribution in [1.82, 2.24) is 5.32 Å². The van der Waals surface area contributed by atoms with Crippen molar-refractivity contribution in [1.29, 1.82) is 0 Å². The molecule has 1 fully saturated rings. The molecule has 0 amide bonds. The molecule has 0 unspecified atom stereocenters. The third-order valence-electron chi connectivity index (χ3n) is 2.95. The molecular weight excluding hydrogens is 210 g/mol. The van der Waals surface area contributed by atoms with Gasteiger partial charge in [0, 0.05) is 16.6 Å². The average Bonchev–Trinajstić information content (AvgIpc) is 2.74. The monoisotopic (exact) mass is 225 g/mol. The van der Waals surface area contributed by atoms with E-state index in [9.17, 15) is 0 Å². The van der Waals surface area contributed by atoms with Crippen molar-refractivity contribution < 1.29 is 4.74 Å². The van der Waals surface area contributed by atoms with E-state index in [4.69, 9.17) is 16.3 Å². The van der Waals surface area contributed by atoms with Gasteiger partial charge in [0.1, 0.15) is 5.75 Å². The second-order valence-electron chi connectivity index (χ2n) is 3.99. The van der Waals surface area contributed by atoms with Crippen LogP contribution < -0.4 is 10.1 Å². The molecule has 1 atom stereocenters. The van der Waals surface area contributed by atoms with Crippen LogP contribution in [0.15, 0.2) is 12.1 Å². The van der Waals surface area contributed by atoms with Crippen LogP contribution in [-0.2, 0) is 0 Å². The molecule has 1 aromatic rings. The highest BCUT2D eigenvalue weighted by Gasteiger charge is 2.20. The number of rotatable bonds is 2. The average molecular weight is 226 g/mol. The summed E-state index contributed by atoms with van der Waals surface area (Å²) in [5.74, 6) is 0.941. The minimum Gasteiger partial charge on any atom is -0.496 e. The summed E-state index contributed by atoms with van der Waals surface area (Å²) in [5, 5.41) is 4.27. The second kappa shape index (κ2) is 4.42. The Balaban J connectivity index is 2.39. The van der Waals surface area contributed by atoms with Crippen molar-refractivity contribution in [3.63, 3.8) is 0 Å². The standard InChI is InChI=1S/C12H16ClNO/c1-8-6-12(15-2)9(7-10(8)13)11-4-3-5-14-11/h6-7,11,14H,3-5H2,1-2H3/t11-/m1/s1. The van der Waals surface area contributed by atoms with Crippen LogP contribution in [0.4, 0.5) is 0 Å². The highest BCUT2D eigenvalue weighted by atomic mass is 35.5. The van der Waals surface area contributed by atoms with Crippen LogP contribution in [-0.4, -0.2) is 13.7 Å². The molecule has 2 nitrogen and oxygen atoms in total. The molecule has 0 bridgehead atoms. The summed E-state index contributed by atoms with van der Waals surface area (Å²) in [6, 6.07) is 4.44. The number of ether oxygens (including phenoxy) is 1. The summed E-state index contributed by atoms with van der Waals surface area (Å²) in [6.07, 6.45) is 2.38. The SMILES string of the molecule is COc1cc(C)c(Cl)cc1[C@H]1CCCN1. The van der Waals surface area contributed by atoms with E-state index >= 15 is 0 Å². The number of halogens is 1. The van der Waals surface area contributed by atoms with Crippen LogP contribution in [0.3, 0.4) is 0 Å². The van der Waals surface area contributed by atoms with E-state index in [0.717, 1.165) is 29.3 Å². The molecule has 1 aliphatic rings. The lowest BCUT2D eigenvalue weighted by Crippen LogP contribution is -2.14. The van der Waals surface area contributed by atoms with Crippen LogP contribution in [0, 0.1) is 6.92 Å². The highest BCUT2D eigenvalue weighted by molar-refractivity contribution is 6.31. The Morgan fingerprint density at radius 2 is 2.27 bits per heavy atom. The first-order chi connectivity index (χ1) is 7.22. The van der Waals surface area contributed by atoms with E-state index < -0.39 is 0 Å². The Morgan fingerprint density at radius 1 is 1.47 bits per heavy atom. The van der Waals surface area contributed by atoms with Gasteiger partial charge in [-0.25, -0.2) is 0 Å². The van der Waals surface area contributed by atoms with Crippen molar-refractivity contribution in [2.45, 2.75) is 25.8 Å². The maximum Gasteiger partial charge on any atom is 0.124 e. The summed E-state index contributed by atoms with van der Waals surface area (Å²) in [4.78, 5) is 0. The molecule has 3 heteroatoms. The summed E-state index contributed by atoms with van der Waals surface area (Å²) in [7, 11) is 1.71. The number of methoxy groups -OCH3 is 1. The third-order valence-corrected chi connectivity index (χ3v) is 3.35. The van der Waals surface area contributed by atoms with Gasteiger partial charge in [-0.3, -0.25) is 0 Å². The Hall–Kier alpha value is -0.730. The minimum atomic E-state index is 0.401. The zero-order valence-electron chi connectivity index (χ0n) is 9.14. The smallest absolute Gasteiger partial charge is 0.124 e. The fourth-order valence-electron chi connectivity index (χ4n) is 2.07. The van der Waals surface area contributed by atoms with Crippen molar-refractivity contribution >= 4 is 11.6 Å². The first kappa shape index (κ1) is 10.8. The molecule has 0 spiro atoms. The predicted molar refractivity (Wildman–Crippen MR) is 62.7 cm³/mol. The molecule has 0 radical (unpaired) electrons. The van der Waals surface area contributed by atoms with E-state index in [1.807, 2.05) is 19.1 Å². The lowest BCUT2D eigenvalue weighted by atomic mass is 10.0. The maximum atomic E-state index is 6.14. The Bertz CT molecular complexity index is 359. The van der Waals surface area contributed by atoms with Gasteiger partial charge in [-0.05, 0) is 44.0 Å². The van der Waals surface area contributed by atoms with Crippen molar-refractivity contribution in [3.05, 3.63) is 28.3 Å².